The van der Waals surface area contributed by atoms with Crippen LogP contribution in [0.2, 0.25) is 0 Å². The van der Waals surface area contributed by atoms with E-state index < -0.39 is 5.97 Å². The molecular formula is C21H23NO5. The topological polar surface area (TPSA) is 81.7 Å². The monoisotopic (exact) mass is 369 g/mol. The molecule has 0 aliphatic heterocycles. The van der Waals surface area contributed by atoms with Crippen LogP contribution in [0.5, 0.6) is 5.75 Å². The lowest BCUT2D eigenvalue weighted by atomic mass is 10.1. The van der Waals surface area contributed by atoms with E-state index in [-0.39, 0.29) is 24.7 Å². The molecule has 142 valence electrons. The minimum absolute atomic E-state index is 0.0973. The Labute approximate surface area is 158 Å². The minimum Gasteiger partial charge on any atom is -0.497 e. The largest absolute Gasteiger partial charge is 0.497 e. The number of esters is 1. The maximum absolute atomic E-state index is 12.1. The van der Waals surface area contributed by atoms with Crippen molar-refractivity contribution in [2.45, 2.75) is 26.2 Å². The smallest absolute Gasteiger partial charge is 0.306 e. The zero-order valence-corrected chi connectivity index (χ0v) is 15.5. The Morgan fingerprint density at radius 3 is 2.22 bits per heavy atom. The quantitative estimate of drug-likeness (QED) is 0.541. The highest BCUT2D eigenvalue weighted by Crippen LogP contribution is 2.13. The molecule has 0 heterocycles. The summed E-state index contributed by atoms with van der Waals surface area (Å²) in [6.45, 7) is 1.46. The number of hydrogen-bond acceptors (Lipinski definition) is 5. The third-order valence-corrected chi connectivity index (χ3v) is 3.95. The molecule has 0 spiro atoms. The summed E-state index contributed by atoms with van der Waals surface area (Å²) in [6, 6.07) is 13.9. The van der Waals surface area contributed by atoms with Crippen LogP contribution in [0.25, 0.3) is 0 Å². The molecule has 0 aromatic heterocycles. The number of carbonyl (C=O) groups excluding carboxylic acids is 3. The number of Topliss-reactive ketones (excluding diaryl/α,β-unsaturated/α-hetero) is 1. The van der Waals surface area contributed by atoms with E-state index in [1.165, 1.54) is 0 Å². The van der Waals surface area contributed by atoms with Crippen molar-refractivity contribution in [3.63, 3.8) is 0 Å². The van der Waals surface area contributed by atoms with E-state index in [1.54, 1.807) is 38.3 Å². The number of carbonyl (C=O) groups is 3. The molecule has 1 amide bonds. The summed E-state index contributed by atoms with van der Waals surface area (Å²) in [7, 11) is 1.60. The number of aryl methyl sites for hydroxylation is 1. The van der Waals surface area contributed by atoms with E-state index >= 15 is 0 Å². The van der Waals surface area contributed by atoms with Gasteiger partial charge in [-0.2, -0.15) is 0 Å². The van der Waals surface area contributed by atoms with E-state index in [2.05, 4.69) is 5.32 Å². The van der Waals surface area contributed by atoms with Crippen LogP contribution in [0.4, 0.5) is 5.69 Å². The molecule has 0 saturated carbocycles. The second kappa shape index (κ2) is 10.1. The third kappa shape index (κ3) is 6.58. The maximum atomic E-state index is 12.1. The van der Waals surface area contributed by atoms with Crippen molar-refractivity contribution in [3.8, 4) is 5.75 Å². The first-order valence-electron chi connectivity index (χ1n) is 8.73. The Balaban J connectivity index is 1.76. The van der Waals surface area contributed by atoms with Crippen molar-refractivity contribution >= 4 is 23.3 Å². The normalized spacial score (nSPS) is 10.1. The van der Waals surface area contributed by atoms with Gasteiger partial charge in [-0.15, -0.1) is 0 Å². The Morgan fingerprint density at radius 2 is 1.63 bits per heavy atom. The van der Waals surface area contributed by atoms with E-state index in [0.717, 1.165) is 11.3 Å². The zero-order chi connectivity index (χ0) is 19.6. The van der Waals surface area contributed by atoms with Gasteiger partial charge in [0.1, 0.15) is 5.75 Å². The van der Waals surface area contributed by atoms with Gasteiger partial charge in [-0.1, -0.05) is 19.1 Å². The van der Waals surface area contributed by atoms with Crippen molar-refractivity contribution in [2.75, 3.05) is 19.0 Å². The summed E-state index contributed by atoms with van der Waals surface area (Å²) in [6.07, 6.45) is 1.11. The summed E-state index contributed by atoms with van der Waals surface area (Å²) in [5.74, 6) is -0.0563. The predicted molar refractivity (Wildman–Crippen MR) is 102 cm³/mol. The molecule has 0 radical (unpaired) electrons. The summed E-state index contributed by atoms with van der Waals surface area (Å²) in [5, 5.41) is 2.70. The molecule has 0 atom stereocenters. The second-order valence-corrected chi connectivity index (χ2v) is 5.91. The van der Waals surface area contributed by atoms with E-state index in [4.69, 9.17) is 9.47 Å². The summed E-state index contributed by atoms with van der Waals surface area (Å²) >= 11 is 0. The van der Waals surface area contributed by atoms with Gasteiger partial charge in [-0.3, -0.25) is 14.4 Å². The average Bonchev–Trinajstić information content (AvgIpc) is 2.71. The Morgan fingerprint density at radius 1 is 0.963 bits per heavy atom. The molecular weight excluding hydrogens is 346 g/mol. The van der Waals surface area contributed by atoms with Gasteiger partial charge in [0, 0.05) is 24.1 Å². The van der Waals surface area contributed by atoms with Crippen molar-refractivity contribution < 1.29 is 23.9 Å². The van der Waals surface area contributed by atoms with Crippen LogP contribution in [0.1, 0.15) is 35.7 Å². The van der Waals surface area contributed by atoms with E-state index in [1.807, 2.05) is 24.3 Å². The number of rotatable bonds is 9. The van der Waals surface area contributed by atoms with Gasteiger partial charge in [-0.05, 0) is 48.4 Å². The van der Waals surface area contributed by atoms with Crippen LogP contribution >= 0.6 is 0 Å². The fourth-order valence-corrected chi connectivity index (χ4v) is 2.33. The predicted octanol–water partition coefficient (Wildman–Crippen LogP) is 3.40. The lowest BCUT2D eigenvalue weighted by Gasteiger charge is -2.07. The van der Waals surface area contributed by atoms with E-state index in [0.29, 0.717) is 24.1 Å². The maximum Gasteiger partial charge on any atom is 0.306 e. The lowest BCUT2D eigenvalue weighted by Crippen LogP contribution is -2.15. The molecule has 1 N–H and O–H groups in total. The molecule has 6 nitrogen and oxygen atoms in total. The molecule has 0 saturated heterocycles. The first-order chi connectivity index (χ1) is 13.0. The second-order valence-electron chi connectivity index (χ2n) is 5.91. The van der Waals surface area contributed by atoms with Crippen molar-refractivity contribution in [1.82, 2.24) is 0 Å². The van der Waals surface area contributed by atoms with Crippen LogP contribution in [0.3, 0.4) is 0 Å². The zero-order valence-electron chi connectivity index (χ0n) is 15.5. The lowest BCUT2D eigenvalue weighted by molar-refractivity contribution is -0.142. The molecule has 0 aliphatic rings. The van der Waals surface area contributed by atoms with Gasteiger partial charge in [0.15, 0.2) is 12.4 Å². The van der Waals surface area contributed by atoms with Crippen molar-refractivity contribution in [1.29, 1.82) is 0 Å². The number of hydrogen-bond donors (Lipinski definition) is 1. The highest BCUT2D eigenvalue weighted by Gasteiger charge is 2.11. The summed E-state index contributed by atoms with van der Waals surface area (Å²) < 4.78 is 10.1. The Bertz CT molecular complexity index is 781. The van der Waals surface area contributed by atoms with Crippen LogP contribution in [-0.4, -0.2) is 31.4 Å². The van der Waals surface area contributed by atoms with Crippen molar-refractivity contribution in [2.24, 2.45) is 0 Å². The number of ether oxygens (including phenoxy) is 2. The molecule has 0 bridgehead atoms. The fraction of sp³-hybridized carbons (Fsp3) is 0.286. The minimum atomic E-state index is -0.425. The van der Waals surface area contributed by atoms with Crippen molar-refractivity contribution in [3.05, 3.63) is 59.7 Å². The molecule has 0 fully saturated rings. The standard InChI is InChI=1S/C21H23NO5/c1-3-20(24)22-17-9-7-16(8-10-17)19(23)14-27-21(25)13-6-15-4-11-18(26-2)12-5-15/h4-5,7-12H,3,6,13-14H2,1-2H3,(H,22,24). The first kappa shape index (κ1) is 20.2. The number of methoxy groups -OCH3 is 1. The van der Waals surface area contributed by atoms with E-state index in [9.17, 15) is 14.4 Å². The third-order valence-electron chi connectivity index (χ3n) is 3.95. The highest BCUT2D eigenvalue weighted by molar-refractivity contribution is 5.98. The first-order valence-corrected chi connectivity index (χ1v) is 8.73. The van der Waals surface area contributed by atoms with Gasteiger partial charge in [-0.25, -0.2) is 0 Å². The van der Waals surface area contributed by atoms with Crippen LogP contribution in [0, 0.1) is 0 Å². The number of amides is 1. The van der Waals surface area contributed by atoms with Gasteiger partial charge in [0.25, 0.3) is 0 Å². The van der Waals surface area contributed by atoms with Gasteiger partial charge in [0.2, 0.25) is 5.91 Å². The molecule has 0 aliphatic carbocycles. The number of ketones is 1. The Hall–Kier alpha value is -3.15. The van der Waals surface area contributed by atoms with Gasteiger partial charge >= 0.3 is 5.97 Å². The highest BCUT2D eigenvalue weighted by atomic mass is 16.5. The molecule has 6 heteroatoms. The molecule has 27 heavy (non-hydrogen) atoms. The number of benzene rings is 2. The summed E-state index contributed by atoms with van der Waals surface area (Å²) in [5.41, 5.74) is 2.03. The van der Waals surface area contributed by atoms with Crippen LogP contribution < -0.4 is 10.1 Å². The molecule has 2 aromatic rings. The van der Waals surface area contributed by atoms with Crippen LogP contribution in [-0.2, 0) is 20.7 Å². The number of nitrogens with one attached hydrogen (secondary N) is 1. The number of anilines is 1. The van der Waals surface area contributed by atoms with Gasteiger partial charge in [0.05, 0.1) is 7.11 Å². The molecule has 2 rings (SSSR count). The molecule has 0 unspecified atom stereocenters. The van der Waals surface area contributed by atoms with Gasteiger partial charge < -0.3 is 14.8 Å². The fourth-order valence-electron chi connectivity index (χ4n) is 2.33. The Kier molecular flexibility index (Phi) is 7.55. The van der Waals surface area contributed by atoms with Crippen LogP contribution in [0.15, 0.2) is 48.5 Å². The molecule has 2 aromatic carbocycles. The average molecular weight is 369 g/mol. The summed E-state index contributed by atoms with van der Waals surface area (Å²) in [4.78, 5) is 35.3. The SMILES string of the molecule is CCC(=O)Nc1ccc(C(=O)COC(=O)CCc2ccc(OC)cc2)cc1.